The Morgan fingerprint density at radius 2 is 0.433 bits per heavy atom. The van der Waals surface area contributed by atoms with Crippen LogP contribution in [0.25, 0.3) is 0 Å². The summed E-state index contributed by atoms with van der Waals surface area (Å²) in [5.74, 6) is 0. The molecule has 31 heteroatoms. The average molecular weight is 991 g/mol. The first kappa shape index (κ1) is 55.1. The van der Waals surface area contributed by atoms with Gasteiger partial charge in [-0.3, -0.25) is 0 Å². The van der Waals surface area contributed by atoms with Gasteiger partial charge in [-0.15, -0.1) is 0 Å². The van der Waals surface area contributed by atoms with Crippen molar-refractivity contribution in [3.8, 4) is 0 Å². The summed E-state index contributed by atoms with van der Waals surface area (Å²) in [7, 11) is 0. The van der Waals surface area contributed by atoms with Gasteiger partial charge in [0.25, 0.3) is 0 Å². The summed E-state index contributed by atoms with van der Waals surface area (Å²) in [5, 5.41) is 209. The predicted octanol–water partition coefficient (Wildman–Crippen LogP) is -14.1. The molecular formula is C36H62O31. The Kier molecular flexibility index (Phi) is 19.4. The molecule has 6 heterocycles. The largest absolute Gasteiger partial charge is 0.394 e. The molecule has 31 nitrogen and oxygen atoms in total. The highest BCUT2D eigenvalue weighted by molar-refractivity contribution is 5.00. The molecule has 6 saturated heterocycles. The van der Waals surface area contributed by atoms with E-state index in [2.05, 4.69) is 0 Å². The molecule has 6 aliphatic rings. The van der Waals surface area contributed by atoms with E-state index in [1.54, 1.807) is 0 Å². The molecule has 0 bridgehead atoms. The fraction of sp³-hybridized carbons (Fsp3) is 1.00. The first-order valence-electron chi connectivity index (χ1n) is 21.1. The van der Waals surface area contributed by atoms with Gasteiger partial charge in [0, 0.05) is 0 Å². The fourth-order valence-electron chi connectivity index (χ4n) is 8.52. The van der Waals surface area contributed by atoms with Gasteiger partial charge < -0.3 is 154 Å². The van der Waals surface area contributed by atoms with Crippen LogP contribution in [0.4, 0.5) is 0 Å². The Morgan fingerprint density at radius 1 is 0.224 bits per heavy atom. The second-order valence-electron chi connectivity index (χ2n) is 16.8. The van der Waals surface area contributed by atoms with Crippen LogP contribution < -0.4 is 0 Å². The normalized spacial score (nSPS) is 53.4. The molecule has 1 unspecified atom stereocenters. The van der Waals surface area contributed by atoms with Crippen molar-refractivity contribution in [1.82, 2.24) is 0 Å². The minimum absolute atomic E-state index is 0.830. The molecule has 0 aliphatic carbocycles. The van der Waals surface area contributed by atoms with Crippen molar-refractivity contribution in [3.63, 3.8) is 0 Å². The summed E-state index contributed by atoms with van der Waals surface area (Å²) in [6.45, 7) is -5.67. The fourth-order valence-corrected chi connectivity index (χ4v) is 8.52. The second-order valence-corrected chi connectivity index (χ2v) is 16.8. The summed E-state index contributed by atoms with van der Waals surface area (Å²) in [6, 6.07) is 0. The summed E-state index contributed by atoms with van der Waals surface area (Å²) in [6.07, 6.45) is -56.5. The van der Waals surface area contributed by atoms with Gasteiger partial charge in [0.15, 0.2) is 37.7 Å². The Bertz CT molecular complexity index is 1500. The Labute approximate surface area is 378 Å². The third-order valence-corrected chi connectivity index (χ3v) is 12.4. The number of aliphatic hydroxyl groups is 20. The Balaban J connectivity index is 1.07. The van der Waals surface area contributed by atoms with E-state index in [1.165, 1.54) is 0 Å². The van der Waals surface area contributed by atoms with E-state index in [4.69, 9.17) is 52.1 Å². The summed E-state index contributed by atoms with van der Waals surface area (Å²) in [5.41, 5.74) is 0. The number of hydrogen-bond donors (Lipinski definition) is 20. The molecule has 0 aromatic heterocycles. The van der Waals surface area contributed by atoms with Crippen LogP contribution in [0.15, 0.2) is 0 Å². The van der Waals surface area contributed by atoms with Crippen molar-refractivity contribution in [1.29, 1.82) is 0 Å². The van der Waals surface area contributed by atoms with Gasteiger partial charge in [0.05, 0.1) is 39.6 Å². The van der Waals surface area contributed by atoms with E-state index in [9.17, 15) is 102 Å². The zero-order valence-electron chi connectivity index (χ0n) is 35.0. The second kappa shape index (κ2) is 23.5. The van der Waals surface area contributed by atoms with Gasteiger partial charge in [-0.05, 0) is 0 Å². The van der Waals surface area contributed by atoms with Crippen LogP contribution in [0.5, 0.6) is 0 Å². The minimum atomic E-state index is -2.18. The molecule has 0 spiro atoms. The van der Waals surface area contributed by atoms with Gasteiger partial charge in [-0.2, -0.15) is 0 Å². The van der Waals surface area contributed by atoms with Crippen LogP contribution in [-0.4, -0.2) is 326 Å². The van der Waals surface area contributed by atoms with Crippen LogP contribution in [0.2, 0.25) is 0 Å². The molecule has 6 rings (SSSR count). The third kappa shape index (κ3) is 11.2. The zero-order chi connectivity index (χ0) is 49.3. The van der Waals surface area contributed by atoms with Gasteiger partial charge in [-0.1, -0.05) is 0 Å². The maximum atomic E-state index is 11.2. The monoisotopic (exact) mass is 990 g/mol. The van der Waals surface area contributed by atoms with E-state index in [0.717, 1.165) is 0 Å². The number of hydrogen-bond acceptors (Lipinski definition) is 31. The highest BCUT2D eigenvalue weighted by atomic mass is 16.8. The van der Waals surface area contributed by atoms with Crippen LogP contribution in [0, 0.1) is 0 Å². The molecular weight excluding hydrogens is 928 g/mol. The Hall–Kier alpha value is -1.24. The average Bonchev–Trinajstić information content (AvgIpc) is 3.32. The molecule has 0 radical (unpaired) electrons. The molecule has 0 saturated carbocycles. The van der Waals surface area contributed by atoms with Crippen LogP contribution in [-0.2, 0) is 52.1 Å². The highest BCUT2D eigenvalue weighted by Gasteiger charge is 2.57. The van der Waals surface area contributed by atoms with Gasteiger partial charge in [0.1, 0.15) is 146 Å². The third-order valence-electron chi connectivity index (χ3n) is 12.4. The molecule has 67 heavy (non-hydrogen) atoms. The molecule has 6 fully saturated rings. The number of rotatable bonds is 16. The number of aliphatic hydroxyl groups excluding tert-OH is 20. The summed E-state index contributed by atoms with van der Waals surface area (Å²) >= 11 is 0. The lowest BCUT2D eigenvalue weighted by Gasteiger charge is -2.49. The van der Waals surface area contributed by atoms with Crippen molar-refractivity contribution in [2.24, 2.45) is 0 Å². The maximum absolute atomic E-state index is 11.2. The molecule has 20 N–H and O–H groups in total. The van der Waals surface area contributed by atoms with E-state index in [0.29, 0.717) is 0 Å². The smallest absolute Gasteiger partial charge is 0.187 e. The topological polar surface area (TPSA) is 506 Å². The SMILES string of the molecule is OC[C@H]1O[C@@H](O[C@@H]2[C@H](O)[C@@H](O)[C@H](O[C@@H]3[C@H](O)[C@@H](O)[C@H](O[C@@H]4[C@H](O)[C@@H](O)[C@H](O[C@@H]5[C@H](O)[C@@H](O)[C@H](O[C@H]6[C@H](O)[C@@H](O)C(O)O[C@@H]6CO)O[C@@H]5CO)O[C@@H]4CO)O[C@@H]3CO)O[C@@H]2CO)[C@H](O)[C@@H](O)[C@H]1O. The van der Waals surface area contributed by atoms with Gasteiger partial charge >= 0.3 is 0 Å². The molecule has 6 aliphatic heterocycles. The van der Waals surface area contributed by atoms with Crippen molar-refractivity contribution >= 4 is 0 Å². The van der Waals surface area contributed by atoms with Gasteiger partial charge in [0.2, 0.25) is 0 Å². The van der Waals surface area contributed by atoms with Crippen molar-refractivity contribution < 1.29 is 154 Å². The van der Waals surface area contributed by atoms with Crippen LogP contribution in [0.3, 0.4) is 0 Å². The van der Waals surface area contributed by atoms with E-state index >= 15 is 0 Å². The standard InChI is InChI=1S/C36H62O31/c37-1-7-13(43)14(44)21(51)32(58-7)64-27-9(3-39)60-34(23(53)16(27)46)66-29-11(5-41)62-36(25(55)18(29)48)67-30-12(6-42)61-35(24(54)19(30)49)65-28-10(4-40)59-33(22(52)17(28)47)63-26-8(2-38)57-31(56)20(50)15(26)45/h7-56H,1-6H2/t7-,8-,9-,10-,11-,12-,13+,14+,15-,16-,17-,18-,19-,20-,21-,22-,23-,24-,25-,26-,27+,28+,29+,30+,31?,32+,33+,34+,35+,36+/m1/s1. The van der Waals surface area contributed by atoms with E-state index < -0.39 is 224 Å². The Morgan fingerprint density at radius 3 is 0.687 bits per heavy atom. The van der Waals surface area contributed by atoms with Crippen molar-refractivity contribution in [2.45, 2.75) is 184 Å². The van der Waals surface area contributed by atoms with Crippen molar-refractivity contribution in [3.05, 3.63) is 0 Å². The lowest BCUT2D eigenvalue weighted by molar-refractivity contribution is -0.396. The first-order chi connectivity index (χ1) is 31.8. The molecule has 0 aromatic rings. The molecule has 392 valence electrons. The summed E-state index contributed by atoms with van der Waals surface area (Å²) in [4.78, 5) is 0. The van der Waals surface area contributed by atoms with Crippen LogP contribution in [0.1, 0.15) is 0 Å². The minimum Gasteiger partial charge on any atom is -0.394 e. The van der Waals surface area contributed by atoms with E-state index in [-0.39, 0.29) is 0 Å². The molecule has 30 atom stereocenters. The number of ether oxygens (including phenoxy) is 11. The van der Waals surface area contributed by atoms with Crippen LogP contribution >= 0.6 is 0 Å². The van der Waals surface area contributed by atoms with E-state index in [1.807, 2.05) is 0 Å². The predicted molar refractivity (Wildman–Crippen MR) is 199 cm³/mol. The maximum Gasteiger partial charge on any atom is 0.187 e. The van der Waals surface area contributed by atoms with Gasteiger partial charge in [-0.25, -0.2) is 0 Å². The zero-order valence-corrected chi connectivity index (χ0v) is 35.0. The first-order valence-corrected chi connectivity index (χ1v) is 21.1. The molecule has 0 aromatic carbocycles. The quantitative estimate of drug-likeness (QED) is 0.0683. The lowest BCUT2D eigenvalue weighted by Crippen LogP contribution is -2.68. The molecule has 0 amide bonds. The van der Waals surface area contributed by atoms with Crippen molar-refractivity contribution in [2.75, 3.05) is 39.6 Å². The highest BCUT2D eigenvalue weighted by Crippen LogP contribution is 2.36. The lowest BCUT2D eigenvalue weighted by atomic mass is 9.95. The summed E-state index contributed by atoms with van der Waals surface area (Å²) < 4.78 is 60.5.